The molecule has 0 aliphatic rings. The van der Waals surface area contributed by atoms with Crippen LogP contribution in [0.1, 0.15) is 16.2 Å². The highest BCUT2D eigenvalue weighted by Gasteiger charge is 2.10. The molecule has 0 aliphatic carbocycles. The van der Waals surface area contributed by atoms with Crippen molar-refractivity contribution in [3.05, 3.63) is 17.5 Å². The molecule has 72 valence electrons. The van der Waals surface area contributed by atoms with Gasteiger partial charge in [0.25, 0.3) is 0 Å². The lowest BCUT2D eigenvalue weighted by Gasteiger charge is -1.96. The third-order valence-corrected chi connectivity index (χ3v) is 1.88. The number of aromatic nitrogens is 3. The molecule has 0 amide bonds. The van der Waals surface area contributed by atoms with Gasteiger partial charge in [-0.1, -0.05) is 0 Å². The molecule has 6 heteroatoms. The van der Waals surface area contributed by atoms with E-state index in [0.29, 0.717) is 16.7 Å². The summed E-state index contributed by atoms with van der Waals surface area (Å²) in [6, 6.07) is 1.41. The minimum Gasteiger partial charge on any atom is -0.477 e. The number of rotatable bonds is 1. The number of carboxylic acid groups (broad SMARTS) is 1. The van der Waals surface area contributed by atoms with Crippen LogP contribution in [0.5, 0.6) is 0 Å². The molecule has 14 heavy (non-hydrogen) atoms. The van der Waals surface area contributed by atoms with E-state index in [1.165, 1.54) is 6.07 Å². The number of nitrogens with one attached hydrogen (secondary N) is 1. The number of aromatic amines is 1. The second-order valence-electron chi connectivity index (χ2n) is 2.92. The molecular formula is C8H8N4O2. The van der Waals surface area contributed by atoms with Gasteiger partial charge in [0.1, 0.15) is 5.52 Å². The van der Waals surface area contributed by atoms with Crippen molar-refractivity contribution in [2.45, 2.75) is 6.92 Å². The molecule has 2 aromatic rings. The Morgan fingerprint density at radius 1 is 1.57 bits per heavy atom. The first-order valence-corrected chi connectivity index (χ1v) is 3.94. The number of anilines is 1. The Labute approximate surface area is 78.8 Å². The Morgan fingerprint density at radius 3 is 2.93 bits per heavy atom. The number of hydrogen-bond donors (Lipinski definition) is 3. The van der Waals surface area contributed by atoms with Gasteiger partial charge in [-0.2, -0.15) is 0 Å². The van der Waals surface area contributed by atoms with Crippen molar-refractivity contribution < 1.29 is 9.90 Å². The number of nitrogens with zero attached hydrogens (tertiary/aromatic N) is 2. The van der Waals surface area contributed by atoms with E-state index in [-0.39, 0.29) is 11.6 Å². The van der Waals surface area contributed by atoms with Gasteiger partial charge >= 0.3 is 5.97 Å². The number of imidazole rings is 1. The fourth-order valence-corrected chi connectivity index (χ4v) is 1.30. The Hall–Kier alpha value is -2.11. The highest BCUT2D eigenvalue weighted by atomic mass is 16.4. The van der Waals surface area contributed by atoms with Crippen LogP contribution >= 0.6 is 0 Å². The Balaban J connectivity index is 2.77. The average Bonchev–Trinajstić information content (AvgIpc) is 2.45. The quantitative estimate of drug-likeness (QED) is 0.611. The summed E-state index contributed by atoms with van der Waals surface area (Å²) in [7, 11) is 0. The molecule has 0 spiro atoms. The minimum absolute atomic E-state index is 0.0151. The third kappa shape index (κ3) is 1.17. The number of carbonyl (C=O) groups is 1. The van der Waals surface area contributed by atoms with Crippen LogP contribution in [0.4, 0.5) is 5.95 Å². The van der Waals surface area contributed by atoms with Gasteiger partial charge in [-0.3, -0.25) is 0 Å². The first kappa shape index (κ1) is 8.49. The van der Waals surface area contributed by atoms with Crippen molar-refractivity contribution in [3.63, 3.8) is 0 Å². The zero-order valence-corrected chi connectivity index (χ0v) is 7.40. The fourth-order valence-electron chi connectivity index (χ4n) is 1.30. The second kappa shape index (κ2) is 2.69. The molecule has 0 bridgehead atoms. The van der Waals surface area contributed by atoms with Crippen molar-refractivity contribution in [1.82, 2.24) is 15.0 Å². The lowest BCUT2D eigenvalue weighted by atomic mass is 10.2. The van der Waals surface area contributed by atoms with Crippen molar-refractivity contribution in [2.24, 2.45) is 0 Å². The van der Waals surface area contributed by atoms with Crippen LogP contribution in [0.15, 0.2) is 6.07 Å². The van der Waals surface area contributed by atoms with Crippen molar-refractivity contribution in [1.29, 1.82) is 0 Å². The Bertz CT molecular complexity index is 517. The number of H-pyrrole nitrogens is 1. The number of nitrogens with two attached hydrogens (primary N) is 1. The van der Waals surface area contributed by atoms with Gasteiger partial charge in [0, 0.05) is 0 Å². The number of fused-ring (bicyclic) bond motifs is 1. The standard InChI is InChI=1S/C8H8N4O2/c1-3-6-4(11-8(9)12-6)2-5(10-3)7(13)14/h2H,1H3,(H,13,14)(H3,9,11,12). The Kier molecular flexibility index (Phi) is 1.63. The van der Waals surface area contributed by atoms with E-state index in [1.54, 1.807) is 6.92 Å². The molecule has 2 aromatic heterocycles. The van der Waals surface area contributed by atoms with E-state index < -0.39 is 5.97 Å². The first-order chi connectivity index (χ1) is 6.58. The van der Waals surface area contributed by atoms with Gasteiger partial charge < -0.3 is 15.8 Å². The van der Waals surface area contributed by atoms with Gasteiger partial charge in [-0.25, -0.2) is 14.8 Å². The van der Waals surface area contributed by atoms with Crippen LogP contribution in [-0.2, 0) is 0 Å². The van der Waals surface area contributed by atoms with Crippen molar-refractivity contribution >= 4 is 23.0 Å². The summed E-state index contributed by atoms with van der Waals surface area (Å²) in [6.07, 6.45) is 0. The lowest BCUT2D eigenvalue weighted by molar-refractivity contribution is 0.0690. The van der Waals surface area contributed by atoms with Gasteiger partial charge in [0.05, 0.1) is 11.2 Å². The third-order valence-electron chi connectivity index (χ3n) is 1.88. The summed E-state index contributed by atoms with van der Waals surface area (Å²) >= 11 is 0. The predicted octanol–water partition coefficient (Wildman–Crippen LogP) is 0.547. The van der Waals surface area contributed by atoms with Crippen molar-refractivity contribution in [2.75, 3.05) is 5.73 Å². The molecule has 0 aromatic carbocycles. The largest absolute Gasteiger partial charge is 0.477 e. The minimum atomic E-state index is -1.07. The molecule has 0 fully saturated rings. The number of aromatic carboxylic acids is 1. The highest BCUT2D eigenvalue weighted by Crippen LogP contribution is 2.16. The summed E-state index contributed by atoms with van der Waals surface area (Å²) in [5.74, 6) is -0.810. The summed E-state index contributed by atoms with van der Waals surface area (Å²) in [4.78, 5) is 21.3. The average molecular weight is 192 g/mol. The second-order valence-corrected chi connectivity index (χ2v) is 2.92. The smallest absolute Gasteiger partial charge is 0.354 e. The molecule has 0 atom stereocenters. The molecule has 0 radical (unpaired) electrons. The lowest BCUT2D eigenvalue weighted by Crippen LogP contribution is -2.01. The Morgan fingerprint density at radius 2 is 2.29 bits per heavy atom. The molecule has 0 saturated carbocycles. The van der Waals surface area contributed by atoms with E-state index in [9.17, 15) is 4.79 Å². The van der Waals surface area contributed by atoms with Crippen LogP contribution < -0.4 is 5.73 Å². The normalized spacial score (nSPS) is 10.6. The molecule has 0 aliphatic heterocycles. The van der Waals surface area contributed by atoms with E-state index in [1.807, 2.05) is 0 Å². The van der Waals surface area contributed by atoms with Gasteiger partial charge in [-0.15, -0.1) is 0 Å². The number of pyridine rings is 1. The number of nitrogen functional groups attached to an aromatic ring is 1. The van der Waals surface area contributed by atoms with Gasteiger partial charge in [0.2, 0.25) is 0 Å². The SMILES string of the molecule is Cc1nc(C(=O)O)cc2[nH]c(N)nc12. The van der Waals surface area contributed by atoms with Crippen LogP contribution in [0.2, 0.25) is 0 Å². The van der Waals surface area contributed by atoms with Gasteiger partial charge in [0.15, 0.2) is 11.6 Å². The molecule has 6 nitrogen and oxygen atoms in total. The molecule has 2 heterocycles. The summed E-state index contributed by atoms with van der Waals surface area (Å²) in [5.41, 5.74) is 7.17. The van der Waals surface area contributed by atoms with Crippen LogP contribution in [0.25, 0.3) is 11.0 Å². The fraction of sp³-hybridized carbons (Fsp3) is 0.125. The van der Waals surface area contributed by atoms with Crippen molar-refractivity contribution in [3.8, 4) is 0 Å². The van der Waals surface area contributed by atoms with Crippen LogP contribution in [-0.4, -0.2) is 26.0 Å². The summed E-state index contributed by atoms with van der Waals surface area (Å²) in [5, 5.41) is 8.75. The van der Waals surface area contributed by atoms with Gasteiger partial charge in [-0.05, 0) is 13.0 Å². The molecular weight excluding hydrogens is 184 g/mol. The predicted molar refractivity (Wildman–Crippen MR) is 50.0 cm³/mol. The number of aryl methyl sites for hydroxylation is 1. The highest BCUT2D eigenvalue weighted by molar-refractivity contribution is 5.91. The number of carboxylic acids is 1. The van der Waals surface area contributed by atoms with E-state index >= 15 is 0 Å². The maximum atomic E-state index is 10.7. The first-order valence-electron chi connectivity index (χ1n) is 3.94. The maximum absolute atomic E-state index is 10.7. The summed E-state index contributed by atoms with van der Waals surface area (Å²) < 4.78 is 0. The molecule has 4 N–H and O–H groups in total. The van der Waals surface area contributed by atoms with E-state index in [4.69, 9.17) is 10.8 Å². The topological polar surface area (TPSA) is 105 Å². The number of hydrogen-bond acceptors (Lipinski definition) is 4. The summed E-state index contributed by atoms with van der Waals surface area (Å²) in [6.45, 7) is 1.69. The monoisotopic (exact) mass is 192 g/mol. The van der Waals surface area contributed by atoms with Crippen LogP contribution in [0.3, 0.4) is 0 Å². The van der Waals surface area contributed by atoms with Crippen LogP contribution in [0, 0.1) is 6.92 Å². The maximum Gasteiger partial charge on any atom is 0.354 e. The van der Waals surface area contributed by atoms with E-state index in [0.717, 1.165) is 0 Å². The zero-order valence-electron chi connectivity index (χ0n) is 7.40. The van der Waals surface area contributed by atoms with E-state index in [2.05, 4.69) is 15.0 Å². The zero-order chi connectivity index (χ0) is 10.3. The molecule has 2 rings (SSSR count). The molecule has 0 saturated heterocycles. The molecule has 0 unspecified atom stereocenters.